The van der Waals surface area contributed by atoms with Gasteiger partial charge in [-0.05, 0) is 36.1 Å². The average Bonchev–Trinajstić information content (AvgIpc) is 2.47. The summed E-state index contributed by atoms with van der Waals surface area (Å²) in [5, 5.41) is 1.12. The third-order valence-corrected chi connectivity index (χ3v) is 3.38. The highest BCUT2D eigenvalue weighted by Crippen LogP contribution is 2.29. The Bertz CT molecular complexity index is 587. The van der Waals surface area contributed by atoms with Crippen LogP contribution in [-0.2, 0) is 4.74 Å². The van der Waals surface area contributed by atoms with E-state index in [1.54, 1.807) is 0 Å². The molecule has 1 aliphatic heterocycles. The molecule has 0 saturated carbocycles. The minimum absolute atomic E-state index is 0.0989. The van der Waals surface area contributed by atoms with Gasteiger partial charge in [0, 0.05) is 11.6 Å². The molecule has 0 bridgehead atoms. The van der Waals surface area contributed by atoms with E-state index in [2.05, 4.69) is 11.1 Å². The van der Waals surface area contributed by atoms with Crippen LogP contribution in [0.3, 0.4) is 0 Å². The lowest BCUT2D eigenvalue weighted by Gasteiger charge is -2.21. The number of ether oxygens (including phenoxy) is 1. The monoisotopic (exact) mass is 240 g/mol. The first-order valence-electron chi connectivity index (χ1n) is 6.26. The van der Waals surface area contributed by atoms with Gasteiger partial charge < -0.3 is 10.5 Å². The number of para-hydroxylation sites is 1. The Hall–Kier alpha value is -1.87. The molecule has 18 heavy (non-hydrogen) atoms. The molecule has 92 valence electrons. The molecule has 0 aliphatic carbocycles. The second-order valence-electron chi connectivity index (χ2n) is 4.56. The maximum absolute atomic E-state index is 6.36. The quantitative estimate of drug-likeness (QED) is 0.878. The van der Waals surface area contributed by atoms with Crippen molar-refractivity contribution in [3.05, 3.63) is 53.9 Å². The van der Waals surface area contributed by atoms with Crippen molar-refractivity contribution in [2.24, 2.45) is 5.73 Å². The summed E-state index contributed by atoms with van der Waals surface area (Å²) in [6, 6.07) is 10.00. The number of nitrogens with zero attached hydrogens (tertiary/aromatic N) is 1. The second-order valence-corrected chi connectivity index (χ2v) is 4.56. The molecule has 2 N–H and O–H groups in total. The third kappa shape index (κ3) is 1.97. The number of hydrogen-bond acceptors (Lipinski definition) is 3. The van der Waals surface area contributed by atoms with Crippen molar-refractivity contribution in [3.63, 3.8) is 0 Å². The van der Waals surface area contributed by atoms with Crippen molar-refractivity contribution < 1.29 is 4.74 Å². The highest BCUT2D eigenvalue weighted by Gasteiger charge is 2.17. The van der Waals surface area contributed by atoms with Crippen LogP contribution < -0.4 is 5.73 Å². The first kappa shape index (κ1) is 11.2. The molecular weight excluding hydrogens is 224 g/mol. The lowest BCUT2D eigenvalue weighted by Crippen LogP contribution is -2.16. The van der Waals surface area contributed by atoms with E-state index in [1.807, 2.05) is 36.7 Å². The lowest BCUT2D eigenvalue weighted by atomic mass is 9.94. The number of hydrogen-bond donors (Lipinski definition) is 1. The Balaban J connectivity index is 2.05. The highest BCUT2D eigenvalue weighted by atomic mass is 16.5. The lowest BCUT2D eigenvalue weighted by molar-refractivity contribution is 0.221. The van der Waals surface area contributed by atoms with E-state index in [0.29, 0.717) is 0 Å². The molecule has 0 saturated heterocycles. The largest absolute Gasteiger partial charge is 0.501 e. The molecule has 2 aromatic rings. The Labute approximate surface area is 106 Å². The van der Waals surface area contributed by atoms with Crippen molar-refractivity contribution >= 4 is 10.9 Å². The fraction of sp³-hybridized carbons (Fsp3) is 0.267. The van der Waals surface area contributed by atoms with Crippen LogP contribution in [0.4, 0.5) is 0 Å². The van der Waals surface area contributed by atoms with E-state index in [0.717, 1.165) is 41.5 Å². The minimum atomic E-state index is -0.0989. The normalized spacial score (nSPS) is 17.1. The zero-order valence-corrected chi connectivity index (χ0v) is 10.2. The molecule has 2 heterocycles. The van der Waals surface area contributed by atoms with Gasteiger partial charge in [-0.3, -0.25) is 4.98 Å². The van der Waals surface area contributed by atoms with E-state index in [1.165, 1.54) is 0 Å². The third-order valence-electron chi connectivity index (χ3n) is 3.38. The molecule has 1 unspecified atom stereocenters. The van der Waals surface area contributed by atoms with Crippen molar-refractivity contribution in [1.82, 2.24) is 4.98 Å². The molecule has 3 heteroatoms. The molecule has 3 nitrogen and oxygen atoms in total. The van der Waals surface area contributed by atoms with E-state index in [9.17, 15) is 0 Å². The molecule has 0 radical (unpaired) electrons. The first-order valence-corrected chi connectivity index (χ1v) is 6.26. The van der Waals surface area contributed by atoms with Gasteiger partial charge in [-0.1, -0.05) is 18.2 Å². The van der Waals surface area contributed by atoms with E-state index < -0.39 is 0 Å². The summed E-state index contributed by atoms with van der Waals surface area (Å²) in [6.45, 7) is 0.799. The summed E-state index contributed by atoms with van der Waals surface area (Å²) in [5.41, 5.74) is 9.64. The molecule has 0 amide bonds. The van der Waals surface area contributed by atoms with Crippen LogP contribution in [0.25, 0.3) is 10.9 Å². The van der Waals surface area contributed by atoms with Gasteiger partial charge in [0.2, 0.25) is 0 Å². The van der Waals surface area contributed by atoms with Crippen molar-refractivity contribution in [1.29, 1.82) is 0 Å². The fourth-order valence-corrected chi connectivity index (χ4v) is 2.40. The number of benzene rings is 1. The molecule has 3 rings (SSSR count). The molecule has 1 aliphatic rings. The van der Waals surface area contributed by atoms with E-state index in [-0.39, 0.29) is 6.04 Å². The number of nitrogens with two attached hydrogens (primary N) is 1. The SMILES string of the molecule is NC(C1=COCCC1)c1ccnc2ccccc12. The Morgan fingerprint density at radius 1 is 1.22 bits per heavy atom. The molecule has 1 atom stereocenters. The van der Waals surface area contributed by atoms with E-state index >= 15 is 0 Å². The Morgan fingerprint density at radius 2 is 2.11 bits per heavy atom. The average molecular weight is 240 g/mol. The minimum Gasteiger partial charge on any atom is -0.501 e. The van der Waals surface area contributed by atoms with Crippen molar-refractivity contribution in [3.8, 4) is 0 Å². The number of fused-ring (bicyclic) bond motifs is 1. The molecular formula is C15H16N2O. The van der Waals surface area contributed by atoms with Crippen LogP contribution in [0.15, 0.2) is 48.4 Å². The van der Waals surface area contributed by atoms with Crippen LogP contribution in [0.1, 0.15) is 24.4 Å². The summed E-state index contributed by atoms with van der Waals surface area (Å²) < 4.78 is 5.38. The Kier molecular flexibility index (Phi) is 2.99. The van der Waals surface area contributed by atoms with Crippen molar-refractivity contribution in [2.45, 2.75) is 18.9 Å². The fourth-order valence-electron chi connectivity index (χ4n) is 2.40. The van der Waals surface area contributed by atoms with Crippen molar-refractivity contribution in [2.75, 3.05) is 6.61 Å². The summed E-state index contributed by atoms with van der Waals surface area (Å²) >= 11 is 0. The number of pyridine rings is 1. The molecule has 1 aromatic carbocycles. The maximum Gasteiger partial charge on any atom is 0.0876 e. The summed E-state index contributed by atoms with van der Waals surface area (Å²) in [6.07, 6.45) is 5.70. The molecule has 1 aromatic heterocycles. The van der Waals surface area contributed by atoms with Gasteiger partial charge in [-0.2, -0.15) is 0 Å². The van der Waals surface area contributed by atoms with Gasteiger partial charge in [0.05, 0.1) is 24.4 Å². The molecule has 0 fully saturated rings. The van der Waals surface area contributed by atoms with Crippen LogP contribution in [-0.4, -0.2) is 11.6 Å². The van der Waals surface area contributed by atoms with Gasteiger partial charge in [0.25, 0.3) is 0 Å². The van der Waals surface area contributed by atoms with Crippen LogP contribution >= 0.6 is 0 Å². The predicted molar refractivity (Wildman–Crippen MR) is 71.9 cm³/mol. The number of rotatable bonds is 2. The van der Waals surface area contributed by atoms with Gasteiger partial charge in [-0.25, -0.2) is 0 Å². The summed E-state index contributed by atoms with van der Waals surface area (Å²) in [4.78, 5) is 4.36. The maximum atomic E-state index is 6.36. The number of aromatic nitrogens is 1. The first-order chi connectivity index (χ1) is 8.86. The topological polar surface area (TPSA) is 48.1 Å². The predicted octanol–water partition coefficient (Wildman–Crippen LogP) is 2.93. The Morgan fingerprint density at radius 3 is 2.94 bits per heavy atom. The highest BCUT2D eigenvalue weighted by molar-refractivity contribution is 5.82. The van der Waals surface area contributed by atoms with Crippen LogP contribution in [0.2, 0.25) is 0 Å². The van der Waals surface area contributed by atoms with Gasteiger partial charge in [0.15, 0.2) is 0 Å². The van der Waals surface area contributed by atoms with E-state index in [4.69, 9.17) is 10.5 Å². The van der Waals surface area contributed by atoms with Gasteiger partial charge >= 0.3 is 0 Å². The zero-order valence-electron chi connectivity index (χ0n) is 10.2. The van der Waals surface area contributed by atoms with Crippen LogP contribution in [0, 0.1) is 0 Å². The smallest absolute Gasteiger partial charge is 0.0876 e. The standard InChI is InChI=1S/C15H16N2O/c16-15(11-4-3-9-18-10-11)13-7-8-17-14-6-2-1-5-12(13)14/h1-2,5-8,10,15H,3-4,9,16H2. The molecule has 0 spiro atoms. The summed E-state index contributed by atoms with van der Waals surface area (Å²) in [7, 11) is 0. The summed E-state index contributed by atoms with van der Waals surface area (Å²) in [5.74, 6) is 0. The zero-order chi connectivity index (χ0) is 12.4. The second kappa shape index (κ2) is 4.78. The van der Waals surface area contributed by atoms with Crippen LogP contribution in [0.5, 0.6) is 0 Å². The van der Waals surface area contributed by atoms with Gasteiger partial charge in [-0.15, -0.1) is 0 Å². The van der Waals surface area contributed by atoms with Gasteiger partial charge in [0.1, 0.15) is 0 Å².